The van der Waals surface area contributed by atoms with E-state index in [1.54, 1.807) is 0 Å². The van der Waals surface area contributed by atoms with Gasteiger partial charge in [0.25, 0.3) is 0 Å². The zero-order chi connectivity index (χ0) is 2.00. The molecule has 0 saturated carbocycles. The molecule has 0 amide bonds. The minimum atomic E-state index is 0. The Labute approximate surface area is 79.7 Å². The molecule has 0 atom stereocenters. The first-order chi connectivity index (χ1) is 1.00. The van der Waals surface area contributed by atoms with Gasteiger partial charge in [-0.3, -0.25) is 0 Å². The molecule has 0 heterocycles. The molecule has 0 aromatic rings. The topological polar surface area (TPSA) is 17.1 Å². The molecule has 1 nitrogen and oxygen atoms in total. The Bertz CT molecular complexity index is 11.6. The van der Waals surface area contributed by atoms with Gasteiger partial charge in [-0.1, -0.05) is 0 Å². The predicted molar refractivity (Wildman–Crippen MR) is 0.686 cm³/mol. The summed E-state index contributed by atoms with van der Waals surface area (Å²) < 4.78 is 8.36. The van der Waals surface area contributed by atoms with Crippen molar-refractivity contribution in [3.05, 3.63) is 0 Å². The van der Waals surface area contributed by atoms with Crippen LogP contribution in [0.15, 0.2) is 0 Å². The molecule has 0 bridgehead atoms. The van der Waals surface area contributed by atoms with E-state index < -0.39 is 0 Å². The van der Waals surface area contributed by atoms with E-state index in [-0.39, 0.29) is 77.6 Å². The van der Waals surface area contributed by atoms with E-state index in [9.17, 15) is 0 Å². The van der Waals surface area contributed by atoms with E-state index in [1.165, 1.54) is 0 Å². The Morgan fingerprint density at radius 3 is 1.20 bits per heavy atom. The first kappa shape index (κ1) is 26.5. The van der Waals surface area contributed by atoms with E-state index in [0.29, 0.717) is 0 Å². The third-order valence-electron chi connectivity index (χ3n) is 0. The summed E-state index contributed by atoms with van der Waals surface area (Å²) in [4.78, 5) is 0. The van der Waals surface area contributed by atoms with E-state index in [4.69, 9.17) is 3.25 Å². The average molecular weight is 401 g/mol. The molecule has 2 radical (unpaired) electrons. The van der Waals surface area contributed by atoms with Gasteiger partial charge in [-0.2, -0.15) is 0 Å². The number of hydrogen-bond donors (Lipinski definition) is 0. The van der Waals surface area contributed by atoms with Crippen LogP contribution in [-0.4, -0.2) is 0 Å². The summed E-state index contributed by atoms with van der Waals surface area (Å²) >= 11 is 0.194. The number of hydrogen-bond acceptors (Lipinski definition) is 1. The molecular weight excluding hydrogens is 401 g/mol. The van der Waals surface area contributed by atoms with Gasteiger partial charge in [0.05, 0.1) is 0 Å². The standard InChI is InChI=1S/Fe.Mn.Nb.O.Ta. The van der Waals surface area contributed by atoms with Crippen molar-refractivity contribution in [3.8, 4) is 0 Å². The molecule has 0 aliphatic carbocycles. The fourth-order valence-electron chi connectivity index (χ4n) is 0. The predicted octanol–water partition coefficient (Wildman–Crippen LogP) is -0.129. The third kappa shape index (κ3) is 21.9. The summed E-state index contributed by atoms with van der Waals surface area (Å²) in [5.74, 6) is 0. The Morgan fingerprint density at radius 1 is 1.20 bits per heavy atom. The fourth-order valence-corrected chi connectivity index (χ4v) is 0. The van der Waals surface area contributed by atoms with Crippen molar-refractivity contribution in [2.75, 3.05) is 0 Å². The number of rotatable bonds is 0. The zero-order valence-electron chi connectivity index (χ0n) is 2.03. The first-order valence-electron chi connectivity index (χ1n) is 0.183. The van der Waals surface area contributed by atoms with Gasteiger partial charge < -0.3 is 0 Å². The van der Waals surface area contributed by atoms with Gasteiger partial charge in [-0.15, -0.1) is 0 Å². The quantitative estimate of drug-likeness (QED) is 0.518. The van der Waals surface area contributed by atoms with Crippen molar-refractivity contribution in [2.45, 2.75) is 0 Å². The van der Waals surface area contributed by atoms with Crippen LogP contribution in [0.3, 0.4) is 0 Å². The summed E-state index contributed by atoms with van der Waals surface area (Å²) in [7, 11) is 0. The molecule has 0 spiro atoms. The zero-order valence-corrected chi connectivity index (χ0v) is 9.73. The van der Waals surface area contributed by atoms with Crippen molar-refractivity contribution in [3.63, 3.8) is 0 Å². The molecule has 0 aliphatic rings. The molecule has 0 unspecified atom stereocenters. The normalized spacial score (nSPS) is 0.600. The molecule has 0 fully saturated rings. The van der Waals surface area contributed by atoms with Crippen molar-refractivity contribution < 1.29 is 80.8 Å². The van der Waals surface area contributed by atoms with Gasteiger partial charge in [-0.25, -0.2) is 0 Å². The van der Waals surface area contributed by atoms with Crippen LogP contribution >= 0.6 is 0 Å². The Balaban J connectivity index is -0.00000000167. The minimum absolute atomic E-state index is 0. The van der Waals surface area contributed by atoms with E-state index >= 15 is 0 Å². The van der Waals surface area contributed by atoms with Gasteiger partial charge >= 0.3 is 24.3 Å². The molecular formula is FeMnNbOTa. The Kier molecular flexibility index (Phi) is 176. The molecule has 31 valence electrons. The second kappa shape index (κ2) is 33.2. The molecule has 0 aliphatic heterocycles. The van der Waals surface area contributed by atoms with Gasteiger partial charge in [0.15, 0.2) is 0 Å². The summed E-state index contributed by atoms with van der Waals surface area (Å²) in [6, 6.07) is 0. The maximum absolute atomic E-state index is 8.36. The molecule has 0 N–H and O–H groups in total. The maximum atomic E-state index is 8.36. The second-order valence-corrected chi connectivity index (χ2v) is 0. The summed E-state index contributed by atoms with van der Waals surface area (Å²) in [6.07, 6.45) is 0. The van der Waals surface area contributed by atoms with Gasteiger partial charge in [0, 0.05) is 56.5 Å². The van der Waals surface area contributed by atoms with Crippen LogP contribution in [0.4, 0.5) is 0 Å². The van der Waals surface area contributed by atoms with Crippen LogP contribution in [-0.2, 0) is 80.8 Å². The molecule has 5 heteroatoms. The molecule has 0 aromatic carbocycles. The second-order valence-electron chi connectivity index (χ2n) is 0. The molecule has 0 aromatic heterocycles. The SMILES string of the molecule is [Fe].[Mn].[Nb].[O]=[Ta]. The van der Waals surface area contributed by atoms with E-state index in [0.717, 1.165) is 0 Å². The van der Waals surface area contributed by atoms with Crippen LogP contribution in [0.1, 0.15) is 0 Å². The molecule has 0 saturated heterocycles. The van der Waals surface area contributed by atoms with Crippen LogP contribution < -0.4 is 0 Å². The van der Waals surface area contributed by atoms with E-state index in [1.807, 2.05) is 0 Å². The van der Waals surface area contributed by atoms with Crippen LogP contribution in [0.25, 0.3) is 0 Å². The Hall–Kier alpha value is 2.32. The summed E-state index contributed by atoms with van der Waals surface area (Å²) in [6.45, 7) is 0. The van der Waals surface area contributed by atoms with Gasteiger partial charge in [0.2, 0.25) is 0 Å². The van der Waals surface area contributed by atoms with Crippen molar-refractivity contribution in [2.24, 2.45) is 0 Å². The van der Waals surface area contributed by atoms with E-state index in [2.05, 4.69) is 0 Å². The summed E-state index contributed by atoms with van der Waals surface area (Å²) in [5.41, 5.74) is 0. The molecule has 0 rings (SSSR count). The van der Waals surface area contributed by atoms with Crippen LogP contribution in [0.2, 0.25) is 0 Å². The van der Waals surface area contributed by atoms with Crippen molar-refractivity contribution in [1.82, 2.24) is 0 Å². The average Bonchev–Trinajstić information content (AvgIpc) is 1.00. The summed E-state index contributed by atoms with van der Waals surface area (Å²) in [5, 5.41) is 0. The fraction of sp³-hybridized carbons (Fsp3) is 0. The van der Waals surface area contributed by atoms with Crippen molar-refractivity contribution in [1.29, 1.82) is 0 Å². The van der Waals surface area contributed by atoms with Crippen LogP contribution in [0.5, 0.6) is 0 Å². The Morgan fingerprint density at radius 2 is 1.20 bits per heavy atom. The van der Waals surface area contributed by atoms with Crippen molar-refractivity contribution >= 4 is 0 Å². The first-order valence-corrected chi connectivity index (χ1v) is 1.49. The molecule has 5 heavy (non-hydrogen) atoms. The monoisotopic (exact) mass is 401 g/mol. The van der Waals surface area contributed by atoms with Gasteiger partial charge in [-0.05, 0) is 0 Å². The third-order valence-corrected chi connectivity index (χ3v) is 0. The van der Waals surface area contributed by atoms with Gasteiger partial charge in [0.1, 0.15) is 0 Å². The van der Waals surface area contributed by atoms with Crippen LogP contribution in [0, 0.1) is 0 Å².